The van der Waals surface area contributed by atoms with Crippen molar-refractivity contribution in [3.05, 3.63) is 24.2 Å². The molecule has 0 aromatic carbocycles. The lowest BCUT2D eigenvalue weighted by Crippen LogP contribution is -2.76. The molecule has 0 radical (unpaired) electrons. The molecule has 1 aromatic heterocycles. The van der Waals surface area contributed by atoms with Gasteiger partial charge in [-0.25, -0.2) is 0 Å². The predicted octanol–water partition coefficient (Wildman–Crippen LogP) is 1.71. The number of fused-ring (bicyclic) bond motifs is 2. The summed E-state index contributed by atoms with van der Waals surface area (Å²) in [6.45, 7) is 3.96. The normalized spacial score (nSPS) is 53.1. The van der Waals surface area contributed by atoms with Gasteiger partial charge in [-0.3, -0.25) is 4.79 Å². The molecule has 2 saturated heterocycles. The molecular weight excluding hydrogens is 364 g/mol. The summed E-state index contributed by atoms with van der Waals surface area (Å²) in [6.07, 6.45) is 3.46. The number of furan rings is 1. The largest absolute Gasteiger partial charge is 0.472 e. The van der Waals surface area contributed by atoms with Crippen molar-refractivity contribution in [3.63, 3.8) is 0 Å². The fourth-order valence-electron chi connectivity index (χ4n) is 6.59. The van der Waals surface area contributed by atoms with Gasteiger partial charge in [0.05, 0.1) is 42.5 Å². The number of cyclic esters (lactones) is 1. The van der Waals surface area contributed by atoms with Crippen LogP contribution in [0.1, 0.15) is 57.6 Å². The molecule has 2 saturated carbocycles. The topological polar surface area (TPSA) is 113 Å². The van der Waals surface area contributed by atoms with Crippen molar-refractivity contribution in [1.29, 1.82) is 0 Å². The second-order valence-electron chi connectivity index (χ2n) is 9.54. The Balaban J connectivity index is 1.65. The van der Waals surface area contributed by atoms with Crippen molar-refractivity contribution < 1.29 is 34.0 Å². The zero-order chi connectivity index (χ0) is 19.9. The lowest BCUT2D eigenvalue weighted by Gasteiger charge is -2.66. The highest BCUT2D eigenvalue weighted by Crippen LogP contribution is 2.70. The molecule has 7 heteroatoms. The van der Waals surface area contributed by atoms with E-state index in [0.717, 1.165) is 5.56 Å². The first-order valence-corrected chi connectivity index (χ1v) is 10.1. The Labute approximate surface area is 163 Å². The zero-order valence-corrected chi connectivity index (χ0v) is 16.3. The molecule has 4 aliphatic rings. The molecule has 2 aliphatic carbocycles. The van der Waals surface area contributed by atoms with Crippen LogP contribution in [-0.2, 0) is 14.3 Å². The number of aliphatic hydroxyl groups is 3. The Bertz CT molecular complexity index is 785. The number of esters is 1. The van der Waals surface area contributed by atoms with Gasteiger partial charge in [-0.2, -0.15) is 0 Å². The smallest absolute Gasteiger partial charge is 0.316 e. The second kappa shape index (κ2) is 5.59. The van der Waals surface area contributed by atoms with Crippen LogP contribution in [0.5, 0.6) is 0 Å². The van der Waals surface area contributed by atoms with E-state index < -0.39 is 40.2 Å². The van der Waals surface area contributed by atoms with Gasteiger partial charge in [0.25, 0.3) is 0 Å². The van der Waals surface area contributed by atoms with Crippen molar-refractivity contribution in [2.45, 2.75) is 75.5 Å². The lowest BCUT2D eigenvalue weighted by molar-refractivity contribution is -0.309. The van der Waals surface area contributed by atoms with Crippen LogP contribution in [0.15, 0.2) is 23.0 Å². The number of carbonyl (C=O) groups is 1. The first-order valence-electron chi connectivity index (χ1n) is 10.1. The molecule has 0 amide bonds. The maximum absolute atomic E-state index is 13.5. The Morgan fingerprint density at radius 3 is 2.57 bits per heavy atom. The van der Waals surface area contributed by atoms with E-state index >= 15 is 0 Å². The molecule has 154 valence electrons. The molecule has 28 heavy (non-hydrogen) atoms. The third kappa shape index (κ3) is 2.01. The van der Waals surface area contributed by atoms with Crippen molar-refractivity contribution in [3.8, 4) is 0 Å². The van der Waals surface area contributed by atoms with E-state index in [4.69, 9.17) is 13.9 Å². The van der Waals surface area contributed by atoms with Crippen LogP contribution in [0.4, 0.5) is 0 Å². The maximum atomic E-state index is 13.5. The summed E-state index contributed by atoms with van der Waals surface area (Å²) in [5, 5.41) is 34.0. The summed E-state index contributed by atoms with van der Waals surface area (Å²) in [5.41, 5.74) is -4.50. The third-order valence-corrected chi connectivity index (χ3v) is 8.63. The first kappa shape index (κ1) is 18.6. The summed E-state index contributed by atoms with van der Waals surface area (Å²) in [7, 11) is 0. The summed E-state index contributed by atoms with van der Waals surface area (Å²) in [5.74, 6) is -0.610. The Morgan fingerprint density at radius 1 is 1.18 bits per heavy atom. The van der Waals surface area contributed by atoms with E-state index in [-0.39, 0.29) is 24.9 Å². The third-order valence-electron chi connectivity index (χ3n) is 8.63. The monoisotopic (exact) mass is 392 g/mol. The Hall–Kier alpha value is -1.41. The van der Waals surface area contributed by atoms with Gasteiger partial charge >= 0.3 is 5.97 Å². The highest BCUT2D eigenvalue weighted by atomic mass is 16.6. The fourth-order valence-corrected chi connectivity index (χ4v) is 6.59. The molecule has 4 fully saturated rings. The molecule has 0 bridgehead atoms. The van der Waals surface area contributed by atoms with Gasteiger partial charge in [0.2, 0.25) is 0 Å². The average molecular weight is 392 g/mol. The number of hydrogen-bond donors (Lipinski definition) is 3. The molecular formula is C21H28O7. The van der Waals surface area contributed by atoms with E-state index in [1.54, 1.807) is 26.2 Å². The van der Waals surface area contributed by atoms with Gasteiger partial charge in [0, 0.05) is 23.3 Å². The van der Waals surface area contributed by atoms with E-state index in [0.29, 0.717) is 25.9 Å². The van der Waals surface area contributed by atoms with Crippen LogP contribution in [-0.4, -0.2) is 51.3 Å². The van der Waals surface area contributed by atoms with E-state index in [2.05, 4.69) is 0 Å². The minimum Gasteiger partial charge on any atom is -0.472 e. The number of ether oxygens (including phenoxy) is 2. The van der Waals surface area contributed by atoms with E-state index in [9.17, 15) is 20.1 Å². The number of rotatable bonds is 2. The van der Waals surface area contributed by atoms with E-state index in [1.807, 2.05) is 0 Å². The fraction of sp³-hybridized carbons (Fsp3) is 0.762. The molecule has 2 aliphatic heterocycles. The maximum Gasteiger partial charge on any atom is 0.316 e. The molecule has 8 atom stereocenters. The lowest BCUT2D eigenvalue weighted by atomic mass is 9.40. The number of carbonyl (C=O) groups excluding carboxylic acids is 1. The van der Waals surface area contributed by atoms with Crippen LogP contribution in [0.3, 0.4) is 0 Å². The molecule has 3 heterocycles. The van der Waals surface area contributed by atoms with Crippen LogP contribution in [0.2, 0.25) is 0 Å². The molecule has 3 N–H and O–H groups in total. The van der Waals surface area contributed by atoms with Crippen LogP contribution < -0.4 is 0 Å². The number of epoxide rings is 1. The van der Waals surface area contributed by atoms with Crippen LogP contribution in [0, 0.1) is 16.7 Å². The molecule has 1 spiro atoms. The second-order valence-corrected chi connectivity index (χ2v) is 9.54. The minimum absolute atomic E-state index is 0.0824. The zero-order valence-electron chi connectivity index (χ0n) is 16.3. The first-order chi connectivity index (χ1) is 13.2. The van der Waals surface area contributed by atoms with Gasteiger partial charge in [-0.1, -0.05) is 6.92 Å². The average Bonchev–Trinajstić information content (AvgIpc) is 3.21. The summed E-state index contributed by atoms with van der Waals surface area (Å²) < 4.78 is 16.6. The quantitative estimate of drug-likeness (QED) is 0.519. The SMILES string of the molecule is CC1(O)C(O)CCC2(O)C3(CC(c4ccoc4)OC3=O)C(C3CO3)CCC12C. The van der Waals surface area contributed by atoms with Crippen molar-refractivity contribution in [2.24, 2.45) is 16.7 Å². The summed E-state index contributed by atoms with van der Waals surface area (Å²) >= 11 is 0. The minimum atomic E-state index is -1.52. The number of aliphatic hydroxyl groups excluding tert-OH is 1. The summed E-state index contributed by atoms with van der Waals surface area (Å²) in [6, 6.07) is 1.77. The van der Waals surface area contributed by atoms with Gasteiger partial charge in [-0.05, 0) is 38.7 Å². The van der Waals surface area contributed by atoms with Gasteiger partial charge in [0.1, 0.15) is 11.5 Å². The van der Waals surface area contributed by atoms with Gasteiger partial charge in [0.15, 0.2) is 0 Å². The highest BCUT2D eigenvalue weighted by molar-refractivity contribution is 5.82. The Morgan fingerprint density at radius 2 is 1.93 bits per heavy atom. The summed E-state index contributed by atoms with van der Waals surface area (Å²) in [4.78, 5) is 13.5. The van der Waals surface area contributed by atoms with Gasteiger partial charge < -0.3 is 29.2 Å². The van der Waals surface area contributed by atoms with Crippen LogP contribution >= 0.6 is 0 Å². The van der Waals surface area contributed by atoms with Crippen LogP contribution in [0.25, 0.3) is 0 Å². The number of hydrogen-bond acceptors (Lipinski definition) is 7. The van der Waals surface area contributed by atoms with Gasteiger partial charge in [-0.15, -0.1) is 0 Å². The predicted molar refractivity (Wildman–Crippen MR) is 96.0 cm³/mol. The van der Waals surface area contributed by atoms with E-state index in [1.165, 1.54) is 6.26 Å². The van der Waals surface area contributed by atoms with Crippen molar-refractivity contribution in [2.75, 3.05) is 6.61 Å². The molecule has 5 rings (SSSR count). The highest BCUT2D eigenvalue weighted by Gasteiger charge is 2.79. The molecule has 1 aromatic rings. The van der Waals surface area contributed by atoms with Crippen molar-refractivity contribution >= 4 is 5.97 Å². The Kier molecular flexibility index (Phi) is 3.72. The standard InChI is InChI=1S/C21H28O7/c1-18-6-3-13(15-11-27-15)20(21(18,25)7-4-16(22)19(18,2)24)9-14(28-17(20)23)12-5-8-26-10-12/h5,8,10,13-16,22,24-25H,3-4,6-7,9,11H2,1-2H3. The molecule has 7 nitrogen and oxygen atoms in total. The molecule has 8 unspecified atom stereocenters. The van der Waals surface area contributed by atoms with Crippen molar-refractivity contribution in [1.82, 2.24) is 0 Å².